The van der Waals surface area contributed by atoms with Crippen molar-refractivity contribution in [1.29, 1.82) is 0 Å². The molecule has 0 aliphatic heterocycles. The van der Waals surface area contributed by atoms with Crippen LogP contribution in [0.15, 0.2) is 0 Å². The number of alkyl halides is 1. The maximum Gasteiger partial charge on any atom is 0.341 e. The summed E-state index contributed by atoms with van der Waals surface area (Å²) < 4.78 is 12.5. The Morgan fingerprint density at radius 2 is 2.10 bits per heavy atom. The van der Waals surface area contributed by atoms with E-state index in [4.69, 9.17) is 10.2 Å². The lowest BCUT2D eigenvalue weighted by Crippen LogP contribution is -2.49. The molecule has 1 rings (SSSR count). The second kappa shape index (κ2) is 2.20. The van der Waals surface area contributed by atoms with Crippen LogP contribution in [-0.2, 0) is 4.79 Å². The maximum atomic E-state index is 12.5. The molecule has 0 radical (unpaired) electrons. The molecule has 1 aliphatic rings. The molecule has 0 amide bonds. The van der Waals surface area contributed by atoms with Crippen molar-refractivity contribution in [1.82, 2.24) is 0 Å². The van der Waals surface area contributed by atoms with E-state index >= 15 is 0 Å². The van der Waals surface area contributed by atoms with Gasteiger partial charge in [0.15, 0.2) is 0 Å². The zero-order chi connectivity index (χ0) is 7.78. The number of carboxylic acids is 1. The van der Waals surface area contributed by atoms with Gasteiger partial charge in [0.25, 0.3) is 0 Å². The highest BCUT2D eigenvalue weighted by molar-refractivity contribution is 5.74. The first-order valence-corrected chi connectivity index (χ1v) is 3.15. The first-order valence-electron chi connectivity index (χ1n) is 3.15. The van der Waals surface area contributed by atoms with Gasteiger partial charge in [-0.25, -0.2) is 9.18 Å². The number of carbonyl (C=O) groups is 1. The molecule has 58 valence electrons. The molecule has 0 aromatic heterocycles. The normalized spacial score (nSPS) is 25.0. The van der Waals surface area contributed by atoms with Crippen molar-refractivity contribution >= 4 is 5.97 Å². The van der Waals surface area contributed by atoms with Crippen molar-refractivity contribution in [2.45, 2.75) is 31.0 Å². The molecule has 4 heteroatoms. The Morgan fingerprint density at radius 1 is 1.60 bits per heavy atom. The Bertz CT molecular complexity index is 153. The Morgan fingerprint density at radius 3 is 2.20 bits per heavy atom. The van der Waals surface area contributed by atoms with Crippen LogP contribution in [0.3, 0.4) is 0 Å². The van der Waals surface area contributed by atoms with Gasteiger partial charge in [0.2, 0.25) is 6.17 Å². The topological polar surface area (TPSA) is 57.5 Å². The summed E-state index contributed by atoms with van der Waals surface area (Å²) in [6.45, 7) is 0. The smallest absolute Gasteiger partial charge is 0.341 e. The molecule has 0 aromatic rings. The number of aliphatic hydroxyl groups is 1. The third-order valence-electron chi connectivity index (χ3n) is 1.91. The molecule has 1 atom stereocenters. The van der Waals surface area contributed by atoms with Crippen LogP contribution in [0.2, 0.25) is 0 Å². The fraction of sp³-hybridized carbons (Fsp3) is 0.833. The van der Waals surface area contributed by atoms with Crippen LogP contribution in [0.1, 0.15) is 19.3 Å². The van der Waals surface area contributed by atoms with Gasteiger partial charge in [-0.1, -0.05) is 0 Å². The van der Waals surface area contributed by atoms with Crippen LogP contribution >= 0.6 is 0 Å². The maximum absolute atomic E-state index is 12.5. The van der Waals surface area contributed by atoms with E-state index in [-0.39, 0.29) is 12.8 Å². The van der Waals surface area contributed by atoms with E-state index in [2.05, 4.69) is 0 Å². The fourth-order valence-electron chi connectivity index (χ4n) is 1.02. The molecule has 10 heavy (non-hydrogen) atoms. The van der Waals surface area contributed by atoms with E-state index in [0.717, 1.165) is 0 Å². The zero-order valence-corrected chi connectivity index (χ0v) is 5.38. The van der Waals surface area contributed by atoms with Crippen LogP contribution < -0.4 is 0 Å². The summed E-state index contributed by atoms with van der Waals surface area (Å²) in [5.74, 6) is -1.57. The summed E-state index contributed by atoms with van der Waals surface area (Å²) >= 11 is 0. The molecular weight excluding hydrogens is 139 g/mol. The third kappa shape index (κ3) is 0.988. The van der Waals surface area contributed by atoms with Gasteiger partial charge in [0.1, 0.15) is 5.60 Å². The van der Waals surface area contributed by atoms with Crippen molar-refractivity contribution in [3.05, 3.63) is 0 Å². The van der Waals surface area contributed by atoms with Crippen molar-refractivity contribution in [2.24, 2.45) is 0 Å². The highest BCUT2D eigenvalue weighted by atomic mass is 19.1. The number of rotatable bonds is 2. The number of hydrogen-bond donors (Lipinski definition) is 2. The molecule has 3 nitrogen and oxygen atoms in total. The molecule has 2 N–H and O–H groups in total. The number of aliphatic carboxylic acids is 1. The van der Waals surface area contributed by atoms with Gasteiger partial charge in [-0.3, -0.25) is 0 Å². The van der Waals surface area contributed by atoms with Gasteiger partial charge < -0.3 is 10.2 Å². The van der Waals surface area contributed by atoms with Gasteiger partial charge in [-0.05, 0) is 19.3 Å². The quantitative estimate of drug-likeness (QED) is 0.593. The highest BCUT2D eigenvalue weighted by Crippen LogP contribution is 2.36. The first kappa shape index (κ1) is 7.47. The third-order valence-corrected chi connectivity index (χ3v) is 1.91. The summed E-state index contributed by atoms with van der Waals surface area (Å²) in [6.07, 6.45) is -0.869. The zero-order valence-electron chi connectivity index (χ0n) is 5.38. The summed E-state index contributed by atoms with van der Waals surface area (Å²) in [4.78, 5) is 10.0. The molecule has 0 aromatic carbocycles. The van der Waals surface area contributed by atoms with Crippen LogP contribution in [0.4, 0.5) is 4.39 Å². The summed E-state index contributed by atoms with van der Waals surface area (Å²) in [5.41, 5.74) is -1.56. The van der Waals surface area contributed by atoms with Gasteiger partial charge in [0, 0.05) is 0 Å². The van der Waals surface area contributed by atoms with Crippen LogP contribution in [0, 0.1) is 0 Å². The molecule has 1 saturated carbocycles. The second-order valence-electron chi connectivity index (χ2n) is 2.66. The van der Waals surface area contributed by atoms with E-state index in [1.807, 2.05) is 0 Å². The minimum atomic E-state index is -2.11. The predicted molar refractivity (Wildman–Crippen MR) is 31.3 cm³/mol. The number of halogens is 1. The molecule has 0 saturated heterocycles. The Labute approximate surface area is 57.5 Å². The standard InChI is InChI=1S/C6H9FO3/c7-4(5(8)9)6(10)2-1-3-6/h4,10H,1-3H2,(H,8,9). The molecule has 0 bridgehead atoms. The minimum Gasteiger partial charge on any atom is -0.479 e. The minimum absolute atomic E-state index is 0.264. The summed E-state index contributed by atoms with van der Waals surface area (Å²) in [7, 11) is 0. The summed E-state index contributed by atoms with van der Waals surface area (Å²) in [6, 6.07) is 0. The number of carboxylic acid groups (broad SMARTS) is 1. The second-order valence-corrected chi connectivity index (χ2v) is 2.66. The van der Waals surface area contributed by atoms with Crippen molar-refractivity contribution in [3.63, 3.8) is 0 Å². The average molecular weight is 148 g/mol. The van der Waals surface area contributed by atoms with E-state index in [9.17, 15) is 9.18 Å². The van der Waals surface area contributed by atoms with Crippen LogP contribution in [-0.4, -0.2) is 28.0 Å². The summed E-state index contributed by atoms with van der Waals surface area (Å²) in [5, 5.41) is 17.2. The Hall–Kier alpha value is -0.640. The monoisotopic (exact) mass is 148 g/mol. The van der Waals surface area contributed by atoms with E-state index in [0.29, 0.717) is 6.42 Å². The van der Waals surface area contributed by atoms with Crippen molar-refractivity contribution < 1.29 is 19.4 Å². The lowest BCUT2D eigenvalue weighted by Gasteiger charge is -2.37. The van der Waals surface area contributed by atoms with Crippen molar-refractivity contribution in [2.75, 3.05) is 0 Å². The Kier molecular flexibility index (Phi) is 1.64. The molecule has 1 fully saturated rings. The van der Waals surface area contributed by atoms with Gasteiger partial charge in [0.05, 0.1) is 0 Å². The van der Waals surface area contributed by atoms with E-state index < -0.39 is 17.7 Å². The lowest BCUT2D eigenvalue weighted by molar-refractivity contribution is -0.162. The fourth-order valence-corrected chi connectivity index (χ4v) is 1.02. The van der Waals surface area contributed by atoms with Gasteiger partial charge in [-0.2, -0.15) is 0 Å². The average Bonchev–Trinajstić information content (AvgIpc) is 1.81. The Balaban J connectivity index is 2.54. The van der Waals surface area contributed by atoms with Crippen LogP contribution in [0.5, 0.6) is 0 Å². The van der Waals surface area contributed by atoms with Crippen molar-refractivity contribution in [3.8, 4) is 0 Å². The van der Waals surface area contributed by atoms with E-state index in [1.54, 1.807) is 0 Å². The molecule has 1 aliphatic carbocycles. The molecule has 0 spiro atoms. The lowest BCUT2D eigenvalue weighted by atomic mass is 9.77. The first-order chi connectivity index (χ1) is 4.56. The van der Waals surface area contributed by atoms with Crippen LogP contribution in [0.25, 0.3) is 0 Å². The predicted octanol–water partition coefficient (Wildman–Crippen LogP) is 0.324. The van der Waals surface area contributed by atoms with Gasteiger partial charge in [-0.15, -0.1) is 0 Å². The molecule has 1 unspecified atom stereocenters. The SMILES string of the molecule is O=C(O)C(F)C1(O)CCC1. The van der Waals surface area contributed by atoms with E-state index in [1.165, 1.54) is 0 Å². The number of hydrogen-bond acceptors (Lipinski definition) is 2. The van der Waals surface area contributed by atoms with Gasteiger partial charge >= 0.3 is 5.97 Å². The highest BCUT2D eigenvalue weighted by Gasteiger charge is 2.46. The largest absolute Gasteiger partial charge is 0.479 e. The molecule has 0 heterocycles. The molecular formula is C6H9FO3.